The van der Waals surface area contributed by atoms with Crippen LogP contribution in [0.1, 0.15) is 42.6 Å². The Balaban J connectivity index is 1.47. The molecule has 1 atom stereocenters. The van der Waals surface area contributed by atoms with Crippen molar-refractivity contribution in [3.05, 3.63) is 118 Å². The molecule has 4 aromatic rings. The number of aryl methyl sites for hydroxylation is 1. The average Bonchev–Trinajstić information content (AvgIpc) is 3.44. The van der Waals surface area contributed by atoms with Gasteiger partial charge in [0.25, 0.3) is 5.69 Å². The molecule has 3 aromatic carbocycles. The number of aromatic nitrogens is 1. The van der Waals surface area contributed by atoms with E-state index in [0.29, 0.717) is 12.2 Å². The Morgan fingerprint density at radius 1 is 0.975 bits per heavy atom. The number of non-ortho nitro benzene ring substituents is 1. The number of fused-ring (bicyclic) bond motifs is 3. The van der Waals surface area contributed by atoms with E-state index < -0.39 is 11.0 Å². The number of amides is 3. The first-order valence-corrected chi connectivity index (χ1v) is 13.3. The smallest absolute Gasteiger partial charge is 0.316 e. The third-order valence-corrected chi connectivity index (χ3v) is 7.07. The van der Waals surface area contributed by atoms with Crippen molar-refractivity contribution in [1.29, 1.82) is 0 Å². The third kappa shape index (κ3) is 5.31. The number of nitro groups is 1. The number of carbonyl (C=O) groups excluding carboxylic acids is 2. The number of para-hydroxylation sites is 2. The van der Waals surface area contributed by atoms with Crippen LogP contribution in [0.25, 0.3) is 5.69 Å². The zero-order valence-corrected chi connectivity index (χ0v) is 22.5. The number of hydrogen-bond acceptors (Lipinski definition) is 4. The van der Waals surface area contributed by atoms with E-state index in [4.69, 9.17) is 0 Å². The molecule has 0 fully saturated rings. The summed E-state index contributed by atoms with van der Waals surface area (Å²) in [5.74, 6) is -0.207. The van der Waals surface area contributed by atoms with Gasteiger partial charge in [-0.2, -0.15) is 0 Å². The van der Waals surface area contributed by atoms with Gasteiger partial charge in [-0.3, -0.25) is 19.8 Å². The van der Waals surface area contributed by atoms with Crippen molar-refractivity contribution in [2.45, 2.75) is 32.7 Å². The van der Waals surface area contributed by atoms with E-state index >= 15 is 0 Å². The maximum absolute atomic E-state index is 14.2. The molecule has 5 rings (SSSR count). The lowest BCUT2D eigenvalue weighted by Crippen LogP contribution is -2.48. The number of rotatable bonds is 8. The van der Waals surface area contributed by atoms with E-state index in [2.05, 4.69) is 16.0 Å². The summed E-state index contributed by atoms with van der Waals surface area (Å²) in [5, 5.41) is 13.8. The van der Waals surface area contributed by atoms with Crippen molar-refractivity contribution < 1.29 is 14.5 Å². The monoisotopic (exact) mass is 537 g/mol. The van der Waals surface area contributed by atoms with Crippen molar-refractivity contribution in [1.82, 2.24) is 9.47 Å². The number of hydrogen-bond donors (Lipinski definition) is 1. The Labute approximate surface area is 232 Å². The molecule has 40 heavy (non-hydrogen) atoms. The van der Waals surface area contributed by atoms with Gasteiger partial charge >= 0.3 is 6.03 Å². The molecule has 1 aliphatic heterocycles. The summed E-state index contributed by atoms with van der Waals surface area (Å²) < 4.78 is 2.11. The molecule has 1 N–H and O–H groups in total. The van der Waals surface area contributed by atoms with Crippen molar-refractivity contribution in [2.75, 3.05) is 23.3 Å². The molecule has 0 saturated heterocycles. The van der Waals surface area contributed by atoms with Gasteiger partial charge in [0.15, 0.2) is 0 Å². The number of unbranched alkanes of at least 4 members (excludes halogenated alkanes) is 1. The van der Waals surface area contributed by atoms with Gasteiger partial charge in [-0.25, -0.2) is 4.79 Å². The minimum atomic E-state index is -0.491. The number of anilines is 2. The van der Waals surface area contributed by atoms with E-state index in [1.165, 1.54) is 29.2 Å². The molecular weight excluding hydrogens is 506 g/mol. The van der Waals surface area contributed by atoms with Crippen molar-refractivity contribution in [3.63, 3.8) is 0 Å². The molecule has 1 aromatic heterocycles. The van der Waals surface area contributed by atoms with Crippen molar-refractivity contribution in [3.8, 4) is 5.69 Å². The lowest BCUT2D eigenvalue weighted by molar-refractivity contribution is -0.384. The molecular formula is C31H31N5O4. The standard InChI is InChI=1S/C31H31N5O4/c1-3-4-18-33(31(38)32-24-14-16-25(17-15-24)36(39)40)21-29(37)35-27-12-6-5-11-26(27)34-19-8-13-28(34)30(35)23-10-7-9-22(2)20-23/h5-17,19-20,30H,3-4,18,21H2,1-2H3,(H,32,38)/t30-/m0/s1. The van der Waals surface area contributed by atoms with Crippen LogP contribution in [0.4, 0.5) is 21.9 Å². The molecule has 2 heterocycles. The summed E-state index contributed by atoms with van der Waals surface area (Å²) in [4.78, 5) is 41.4. The summed E-state index contributed by atoms with van der Waals surface area (Å²) >= 11 is 0. The Morgan fingerprint density at radius 3 is 2.42 bits per heavy atom. The van der Waals surface area contributed by atoms with Gasteiger partial charge in [-0.15, -0.1) is 0 Å². The summed E-state index contributed by atoms with van der Waals surface area (Å²) in [6, 6.07) is 24.8. The minimum absolute atomic E-state index is 0.0632. The van der Waals surface area contributed by atoms with Gasteiger partial charge in [0.1, 0.15) is 12.6 Å². The third-order valence-electron chi connectivity index (χ3n) is 7.07. The van der Waals surface area contributed by atoms with Crippen LogP contribution in [0.15, 0.2) is 91.1 Å². The zero-order valence-electron chi connectivity index (χ0n) is 22.5. The van der Waals surface area contributed by atoms with Gasteiger partial charge < -0.3 is 14.8 Å². The second-order valence-corrected chi connectivity index (χ2v) is 9.88. The molecule has 0 unspecified atom stereocenters. The highest BCUT2D eigenvalue weighted by Gasteiger charge is 2.37. The SMILES string of the molecule is CCCCN(CC(=O)N1c2ccccc2-n2cccc2[C@@H]1c1cccc(C)c1)C(=O)Nc1ccc([N+](=O)[O-])cc1. The molecule has 0 aliphatic carbocycles. The van der Waals surface area contributed by atoms with Crippen LogP contribution in [-0.2, 0) is 4.79 Å². The normalized spacial score (nSPS) is 13.8. The Morgan fingerprint density at radius 2 is 1.73 bits per heavy atom. The van der Waals surface area contributed by atoms with Crippen molar-refractivity contribution >= 4 is 29.0 Å². The number of benzene rings is 3. The number of nitrogens with zero attached hydrogens (tertiary/aromatic N) is 4. The zero-order chi connectivity index (χ0) is 28.2. The van der Waals surface area contributed by atoms with Gasteiger partial charge in [0.05, 0.1) is 22.0 Å². The fraction of sp³-hybridized carbons (Fsp3) is 0.226. The lowest BCUT2D eigenvalue weighted by atomic mass is 9.96. The van der Waals surface area contributed by atoms with Crippen LogP contribution in [0, 0.1) is 17.0 Å². The van der Waals surface area contributed by atoms with Crippen LogP contribution in [-0.4, -0.2) is 39.4 Å². The first-order valence-electron chi connectivity index (χ1n) is 13.3. The van der Waals surface area contributed by atoms with Crippen molar-refractivity contribution in [2.24, 2.45) is 0 Å². The van der Waals surface area contributed by atoms with Crippen LogP contribution < -0.4 is 10.2 Å². The van der Waals surface area contributed by atoms with E-state index in [1.54, 1.807) is 4.90 Å². The van der Waals surface area contributed by atoms with Crippen LogP contribution in [0.2, 0.25) is 0 Å². The highest BCUT2D eigenvalue weighted by Crippen LogP contribution is 2.42. The average molecular weight is 538 g/mol. The van der Waals surface area contributed by atoms with E-state index in [9.17, 15) is 19.7 Å². The largest absolute Gasteiger partial charge is 0.322 e. The summed E-state index contributed by atoms with van der Waals surface area (Å²) in [6.07, 6.45) is 3.58. The van der Waals surface area contributed by atoms with Gasteiger partial charge in [-0.1, -0.05) is 55.3 Å². The van der Waals surface area contributed by atoms with E-state index in [1.807, 2.05) is 74.6 Å². The fourth-order valence-electron chi connectivity index (χ4n) is 5.13. The van der Waals surface area contributed by atoms with E-state index in [-0.39, 0.29) is 24.2 Å². The molecule has 0 bridgehead atoms. The Bertz CT molecular complexity index is 1550. The summed E-state index contributed by atoms with van der Waals surface area (Å²) in [6.45, 7) is 4.32. The molecule has 9 nitrogen and oxygen atoms in total. The molecule has 0 spiro atoms. The molecule has 3 amide bonds. The van der Waals surface area contributed by atoms with Crippen LogP contribution in [0.5, 0.6) is 0 Å². The Hall–Kier alpha value is -4.92. The van der Waals surface area contributed by atoms with Gasteiger partial charge in [0.2, 0.25) is 5.91 Å². The predicted octanol–water partition coefficient (Wildman–Crippen LogP) is 6.46. The van der Waals surface area contributed by atoms with Gasteiger partial charge in [0, 0.05) is 30.6 Å². The second kappa shape index (κ2) is 11.4. The highest BCUT2D eigenvalue weighted by molar-refractivity contribution is 6.01. The topological polar surface area (TPSA) is 101 Å². The quantitative estimate of drug-likeness (QED) is 0.206. The summed E-state index contributed by atoms with van der Waals surface area (Å²) in [7, 11) is 0. The number of carbonyl (C=O) groups is 2. The first kappa shape index (κ1) is 26.7. The maximum atomic E-state index is 14.2. The maximum Gasteiger partial charge on any atom is 0.322 e. The number of nitro benzene ring substituents is 1. The molecule has 9 heteroatoms. The minimum Gasteiger partial charge on any atom is -0.316 e. The fourth-order valence-corrected chi connectivity index (χ4v) is 5.13. The first-order chi connectivity index (χ1) is 19.4. The number of urea groups is 1. The summed E-state index contributed by atoms with van der Waals surface area (Å²) in [5.41, 5.74) is 5.07. The van der Waals surface area contributed by atoms with Gasteiger partial charge in [-0.05, 0) is 55.3 Å². The molecule has 0 saturated carbocycles. The Kier molecular flexibility index (Phi) is 7.63. The lowest BCUT2D eigenvalue weighted by Gasteiger charge is -2.39. The van der Waals surface area contributed by atoms with Crippen LogP contribution in [0.3, 0.4) is 0 Å². The number of nitrogens with one attached hydrogen (secondary N) is 1. The predicted molar refractivity (Wildman–Crippen MR) is 155 cm³/mol. The molecule has 0 radical (unpaired) electrons. The van der Waals surface area contributed by atoms with E-state index in [0.717, 1.165) is 41.0 Å². The molecule has 1 aliphatic rings. The second-order valence-electron chi connectivity index (χ2n) is 9.88. The molecule has 204 valence electrons. The van der Waals surface area contributed by atoms with Crippen LogP contribution >= 0.6 is 0 Å². The highest BCUT2D eigenvalue weighted by atomic mass is 16.6.